The van der Waals surface area contributed by atoms with Crippen molar-refractivity contribution in [2.24, 2.45) is 11.8 Å². The largest absolute Gasteiger partial charge is 0.378 e. The van der Waals surface area contributed by atoms with E-state index < -0.39 is 0 Å². The van der Waals surface area contributed by atoms with Crippen LogP contribution in [-0.2, 0) is 9.53 Å². The van der Waals surface area contributed by atoms with Crippen molar-refractivity contribution in [1.29, 1.82) is 0 Å². The molecule has 0 aromatic carbocycles. The molecule has 3 heteroatoms. The van der Waals surface area contributed by atoms with Gasteiger partial charge in [0.2, 0.25) is 5.91 Å². The number of nitrogens with one attached hydrogen (secondary N) is 1. The number of carbonyl (C=O) groups is 1. The molecular weight excluding hydrogens is 178 g/mol. The Morgan fingerprint density at radius 1 is 1.57 bits per heavy atom. The van der Waals surface area contributed by atoms with Gasteiger partial charge in [-0.2, -0.15) is 0 Å². The van der Waals surface area contributed by atoms with Crippen molar-refractivity contribution in [1.82, 2.24) is 5.32 Å². The highest BCUT2D eigenvalue weighted by Gasteiger charge is 2.52. The van der Waals surface area contributed by atoms with Crippen LogP contribution in [0.4, 0.5) is 0 Å². The molecule has 3 atom stereocenters. The van der Waals surface area contributed by atoms with Crippen molar-refractivity contribution in [3.63, 3.8) is 0 Å². The molecule has 0 radical (unpaired) electrons. The second kappa shape index (κ2) is 3.23. The third kappa shape index (κ3) is 1.54. The van der Waals surface area contributed by atoms with Gasteiger partial charge in [-0.25, -0.2) is 0 Å². The van der Waals surface area contributed by atoms with E-state index in [4.69, 9.17) is 4.74 Å². The normalized spacial score (nSPS) is 39.6. The maximum absolute atomic E-state index is 11.8. The number of amides is 1. The van der Waals surface area contributed by atoms with Gasteiger partial charge in [-0.05, 0) is 39.5 Å². The molecule has 14 heavy (non-hydrogen) atoms. The van der Waals surface area contributed by atoms with Crippen LogP contribution >= 0.6 is 0 Å². The van der Waals surface area contributed by atoms with Gasteiger partial charge in [0.05, 0.1) is 12.0 Å². The molecule has 1 amide bonds. The molecule has 0 spiro atoms. The molecule has 0 bridgehead atoms. The first-order valence-electron chi connectivity index (χ1n) is 5.47. The number of fused-ring (bicyclic) bond motifs is 1. The summed E-state index contributed by atoms with van der Waals surface area (Å²) in [5.74, 6) is 0.870. The third-order valence-corrected chi connectivity index (χ3v) is 3.36. The minimum Gasteiger partial charge on any atom is -0.378 e. The fourth-order valence-corrected chi connectivity index (χ4v) is 2.80. The number of piperidine rings is 1. The molecule has 3 unspecified atom stereocenters. The van der Waals surface area contributed by atoms with Crippen LogP contribution in [0.25, 0.3) is 0 Å². The Balaban J connectivity index is 2.01. The van der Waals surface area contributed by atoms with Crippen LogP contribution in [-0.4, -0.2) is 24.2 Å². The van der Waals surface area contributed by atoms with Crippen LogP contribution in [0, 0.1) is 11.8 Å². The smallest absolute Gasteiger partial charge is 0.226 e. The standard InChI is InChI=1S/C11H19NO2/c1-4-14-8-5-7-6-11(2,3)12-10(13)9(7)8/h7-9H,4-6H2,1-3H3,(H,12,13). The van der Waals surface area contributed by atoms with Crippen LogP contribution in [0.3, 0.4) is 0 Å². The zero-order valence-corrected chi connectivity index (χ0v) is 9.17. The molecule has 3 nitrogen and oxygen atoms in total. The number of ether oxygens (including phenoxy) is 1. The first kappa shape index (κ1) is 9.97. The average molecular weight is 197 g/mol. The predicted octanol–water partition coefficient (Wildman–Crippen LogP) is 1.33. The first-order valence-corrected chi connectivity index (χ1v) is 5.47. The maximum Gasteiger partial charge on any atom is 0.226 e. The van der Waals surface area contributed by atoms with Crippen molar-refractivity contribution in [2.45, 2.75) is 45.3 Å². The van der Waals surface area contributed by atoms with Crippen LogP contribution in [0.1, 0.15) is 33.6 Å². The molecule has 0 aromatic heterocycles. The summed E-state index contributed by atoms with van der Waals surface area (Å²) in [5.41, 5.74) is -0.0184. The number of hydrogen-bond donors (Lipinski definition) is 1. The molecule has 2 rings (SSSR count). The van der Waals surface area contributed by atoms with Gasteiger partial charge < -0.3 is 10.1 Å². The van der Waals surface area contributed by atoms with E-state index in [0.717, 1.165) is 12.8 Å². The van der Waals surface area contributed by atoms with Crippen molar-refractivity contribution in [3.8, 4) is 0 Å². The Bertz CT molecular complexity index is 250. The number of rotatable bonds is 2. The molecule has 1 heterocycles. The van der Waals surface area contributed by atoms with Crippen LogP contribution in [0.5, 0.6) is 0 Å². The first-order chi connectivity index (χ1) is 6.53. The van der Waals surface area contributed by atoms with Crippen LogP contribution in [0.2, 0.25) is 0 Å². The van der Waals surface area contributed by atoms with E-state index in [2.05, 4.69) is 19.2 Å². The number of hydrogen-bond acceptors (Lipinski definition) is 2. The van der Waals surface area contributed by atoms with E-state index in [0.29, 0.717) is 12.5 Å². The highest BCUT2D eigenvalue weighted by Crippen LogP contribution is 2.44. The molecule has 1 saturated heterocycles. The van der Waals surface area contributed by atoms with E-state index in [1.807, 2.05) is 6.92 Å². The Labute approximate surface area is 85.2 Å². The Morgan fingerprint density at radius 3 is 2.86 bits per heavy atom. The average Bonchev–Trinajstić information content (AvgIpc) is 1.98. The van der Waals surface area contributed by atoms with Gasteiger partial charge in [0.1, 0.15) is 0 Å². The fraction of sp³-hybridized carbons (Fsp3) is 0.909. The molecule has 1 saturated carbocycles. The monoisotopic (exact) mass is 197 g/mol. The van der Waals surface area contributed by atoms with Gasteiger partial charge in [0, 0.05) is 12.1 Å². The van der Waals surface area contributed by atoms with Crippen molar-refractivity contribution >= 4 is 5.91 Å². The minimum absolute atomic E-state index is 0.0184. The summed E-state index contributed by atoms with van der Waals surface area (Å²) in [6, 6.07) is 0. The van der Waals surface area contributed by atoms with Crippen LogP contribution < -0.4 is 5.32 Å². The lowest BCUT2D eigenvalue weighted by Crippen LogP contribution is -2.63. The fourth-order valence-electron chi connectivity index (χ4n) is 2.80. The highest BCUT2D eigenvalue weighted by atomic mass is 16.5. The van der Waals surface area contributed by atoms with Crippen molar-refractivity contribution in [3.05, 3.63) is 0 Å². The van der Waals surface area contributed by atoms with Gasteiger partial charge in [0.15, 0.2) is 0 Å². The topological polar surface area (TPSA) is 38.3 Å². The van der Waals surface area contributed by atoms with Crippen molar-refractivity contribution < 1.29 is 9.53 Å². The zero-order valence-electron chi connectivity index (χ0n) is 9.17. The summed E-state index contributed by atoms with van der Waals surface area (Å²) in [6.45, 7) is 6.88. The number of carbonyl (C=O) groups excluding carboxylic acids is 1. The summed E-state index contributed by atoms with van der Waals surface area (Å²) in [4.78, 5) is 11.8. The SMILES string of the molecule is CCOC1CC2CC(C)(C)NC(=O)C21. The van der Waals surface area contributed by atoms with Gasteiger partial charge >= 0.3 is 0 Å². The van der Waals surface area contributed by atoms with Gasteiger partial charge in [0.25, 0.3) is 0 Å². The molecule has 1 aliphatic heterocycles. The molecule has 80 valence electrons. The Kier molecular flexibility index (Phi) is 2.30. The van der Waals surface area contributed by atoms with E-state index in [1.54, 1.807) is 0 Å². The molecule has 1 N–H and O–H groups in total. The second-order valence-corrected chi connectivity index (χ2v) is 5.09. The van der Waals surface area contributed by atoms with E-state index in [1.165, 1.54) is 0 Å². The summed E-state index contributed by atoms with van der Waals surface area (Å²) < 4.78 is 5.53. The Hall–Kier alpha value is -0.570. The highest BCUT2D eigenvalue weighted by molar-refractivity contribution is 5.82. The van der Waals surface area contributed by atoms with Crippen LogP contribution in [0.15, 0.2) is 0 Å². The third-order valence-electron chi connectivity index (χ3n) is 3.36. The summed E-state index contributed by atoms with van der Waals surface area (Å²) in [7, 11) is 0. The molecule has 1 aliphatic carbocycles. The second-order valence-electron chi connectivity index (χ2n) is 5.09. The van der Waals surface area contributed by atoms with Gasteiger partial charge in [-0.15, -0.1) is 0 Å². The predicted molar refractivity (Wildman–Crippen MR) is 53.8 cm³/mol. The molecule has 2 fully saturated rings. The van der Waals surface area contributed by atoms with E-state index >= 15 is 0 Å². The van der Waals surface area contributed by atoms with Crippen molar-refractivity contribution in [2.75, 3.05) is 6.61 Å². The van der Waals surface area contributed by atoms with Gasteiger partial charge in [-0.1, -0.05) is 0 Å². The van der Waals surface area contributed by atoms with E-state index in [9.17, 15) is 4.79 Å². The Morgan fingerprint density at radius 2 is 2.29 bits per heavy atom. The maximum atomic E-state index is 11.8. The molecule has 0 aromatic rings. The quantitative estimate of drug-likeness (QED) is 0.725. The lowest BCUT2D eigenvalue weighted by Gasteiger charge is -2.51. The summed E-state index contributed by atoms with van der Waals surface area (Å²) in [6.07, 6.45) is 2.34. The minimum atomic E-state index is -0.0184. The van der Waals surface area contributed by atoms with Gasteiger partial charge in [-0.3, -0.25) is 4.79 Å². The van der Waals surface area contributed by atoms with E-state index in [-0.39, 0.29) is 23.5 Å². The summed E-state index contributed by atoms with van der Waals surface area (Å²) >= 11 is 0. The summed E-state index contributed by atoms with van der Waals surface area (Å²) in [5, 5.41) is 3.06. The molecular formula is C11H19NO2. The lowest BCUT2D eigenvalue weighted by atomic mass is 9.63. The lowest BCUT2D eigenvalue weighted by molar-refractivity contribution is -0.157. The zero-order chi connectivity index (χ0) is 10.3. The molecule has 2 aliphatic rings.